The van der Waals surface area contributed by atoms with Crippen LogP contribution in [0.1, 0.15) is 0 Å². The van der Waals surface area contributed by atoms with Crippen LogP contribution in [0.2, 0.25) is 0 Å². The van der Waals surface area contributed by atoms with E-state index < -0.39 is 0 Å². The molecule has 0 fully saturated rings. The maximum atomic E-state index is 6.05. The molecule has 11 aromatic rings. The fourth-order valence-corrected chi connectivity index (χ4v) is 7.82. The number of oxazole rings is 1. The predicted molar refractivity (Wildman–Crippen MR) is 219 cm³/mol. The number of aryl methyl sites for hydroxylation is 3. The summed E-state index contributed by atoms with van der Waals surface area (Å²) in [6.45, 7) is 0. The van der Waals surface area contributed by atoms with Crippen molar-refractivity contribution in [3.63, 3.8) is 0 Å². The summed E-state index contributed by atoms with van der Waals surface area (Å²) in [6, 6.07) is 45.2. The maximum Gasteiger partial charge on any atom is 0.227 e. The number of nitrogens with zero attached hydrogens (tertiary/aromatic N) is 11. The normalized spacial score (nSPS) is 11.8. The molecular weight excluding hydrogens is 699 g/mol. The molecule has 56 heavy (non-hydrogen) atoms. The van der Waals surface area contributed by atoms with Crippen molar-refractivity contribution >= 4 is 72.0 Å². The summed E-state index contributed by atoms with van der Waals surface area (Å²) in [5.41, 5.74) is 13.4. The Kier molecular flexibility index (Phi) is 6.89. The van der Waals surface area contributed by atoms with Crippen molar-refractivity contribution in [3.8, 4) is 33.7 Å². The average molecular weight is 730 g/mol. The third-order valence-electron chi connectivity index (χ3n) is 10.3. The Morgan fingerprint density at radius 2 is 1.00 bits per heavy atom. The summed E-state index contributed by atoms with van der Waals surface area (Å²) in [7, 11) is 5.53. The van der Waals surface area contributed by atoms with Gasteiger partial charge in [-0.1, -0.05) is 72.8 Å². The van der Waals surface area contributed by atoms with Gasteiger partial charge in [-0.3, -0.25) is 0 Å². The van der Waals surface area contributed by atoms with Crippen LogP contribution >= 0.6 is 0 Å². The number of anilines is 3. The van der Waals surface area contributed by atoms with Crippen molar-refractivity contribution in [1.82, 2.24) is 50.0 Å². The van der Waals surface area contributed by atoms with Crippen molar-refractivity contribution in [3.05, 3.63) is 133 Å². The second-order valence-electron chi connectivity index (χ2n) is 13.8. The van der Waals surface area contributed by atoms with E-state index in [1.165, 1.54) is 0 Å². The Hall–Kier alpha value is -7.73. The Labute approximate surface area is 318 Å². The lowest BCUT2D eigenvalue weighted by atomic mass is 9.96. The highest BCUT2D eigenvalue weighted by Gasteiger charge is 2.27. The first-order chi connectivity index (χ1) is 27.5. The highest BCUT2D eigenvalue weighted by atomic mass is 16.3. The van der Waals surface area contributed by atoms with Gasteiger partial charge < -0.3 is 9.32 Å². The molecule has 268 valence electrons. The Bertz CT molecular complexity index is 3280. The number of rotatable bonds is 6. The van der Waals surface area contributed by atoms with E-state index in [1.54, 1.807) is 14.4 Å². The minimum absolute atomic E-state index is 0.577. The Morgan fingerprint density at radius 3 is 1.79 bits per heavy atom. The number of aromatic nitrogens is 10. The molecule has 0 aliphatic heterocycles. The summed E-state index contributed by atoms with van der Waals surface area (Å²) in [5, 5.41) is 31.7. The molecule has 12 heteroatoms. The number of hydrogen-bond acceptors (Lipinski definition) is 9. The van der Waals surface area contributed by atoms with Gasteiger partial charge in [0.2, 0.25) is 5.89 Å². The second kappa shape index (κ2) is 12.1. The smallest absolute Gasteiger partial charge is 0.227 e. The molecule has 7 aromatic carbocycles. The van der Waals surface area contributed by atoms with Crippen LogP contribution in [0.15, 0.2) is 138 Å². The van der Waals surface area contributed by atoms with Crippen molar-refractivity contribution in [2.75, 3.05) is 4.90 Å². The zero-order valence-electron chi connectivity index (χ0n) is 30.5. The molecular formula is C44H31N11O. The first-order valence-electron chi connectivity index (χ1n) is 18.2. The number of para-hydroxylation sites is 2. The van der Waals surface area contributed by atoms with Gasteiger partial charge in [0.1, 0.15) is 38.6 Å². The van der Waals surface area contributed by atoms with Crippen LogP contribution in [0.4, 0.5) is 17.1 Å². The van der Waals surface area contributed by atoms with Crippen LogP contribution in [0.3, 0.4) is 0 Å². The average Bonchev–Trinajstić information content (AvgIpc) is 4.02. The van der Waals surface area contributed by atoms with Crippen LogP contribution in [0, 0.1) is 0 Å². The largest absolute Gasteiger partial charge is 0.436 e. The van der Waals surface area contributed by atoms with Crippen LogP contribution in [0.5, 0.6) is 0 Å². The topological polar surface area (TPSA) is 121 Å². The minimum atomic E-state index is 0.577. The standard InChI is InChI=1S/C44H31N11O/c1-52-46-34-15-9-16-35(41(34)49-52)55(37-25-23-32(40-43(37)51-54(3)48-40)31-13-8-11-26-10-4-5-12-29(26)31)36-24-22-30(39-42(36)50-53(2)47-39)27-18-20-28(21-19-27)44-45-33-14-6-7-17-38(33)56-44/h4-25H,1-3H3. The molecule has 0 atom stereocenters. The molecule has 0 bridgehead atoms. The molecule has 0 aliphatic rings. The van der Waals surface area contributed by atoms with Crippen LogP contribution < -0.4 is 4.90 Å². The van der Waals surface area contributed by atoms with Gasteiger partial charge in [-0.2, -0.15) is 45.0 Å². The zero-order chi connectivity index (χ0) is 37.5. The van der Waals surface area contributed by atoms with Gasteiger partial charge in [-0.15, -0.1) is 0 Å². The lowest BCUT2D eigenvalue weighted by Crippen LogP contribution is -2.12. The first kappa shape index (κ1) is 31.8. The molecule has 4 heterocycles. The van der Waals surface area contributed by atoms with Crippen molar-refractivity contribution < 1.29 is 4.42 Å². The minimum Gasteiger partial charge on any atom is -0.436 e. The zero-order valence-corrected chi connectivity index (χ0v) is 30.5. The van der Waals surface area contributed by atoms with Gasteiger partial charge in [0.25, 0.3) is 0 Å². The summed E-state index contributed by atoms with van der Waals surface area (Å²) >= 11 is 0. The maximum absolute atomic E-state index is 6.05. The lowest BCUT2D eigenvalue weighted by Gasteiger charge is -2.26. The van der Waals surface area contributed by atoms with Gasteiger partial charge in [-0.05, 0) is 82.6 Å². The van der Waals surface area contributed by atoms with E-state index in [-0.39, 0.29) is 0 Å². The molecule has 0 saturated carbocycles. The quantitative estimate of drug-likeness (QED) is 0.165. The van der Waals surface area contributed by atoms with Gasteiger partial charge in [0.05, 0.1) is 17.1 Å². The highest BCUT2D eigenvalue weighted by Crippen LogP contribution is 2.46. The molecule has 0 unspecified atom stereocenters. The summed E-state index contributed by atoms with van der Waals surface area (Å²) in [5.74, 6) is 0.577. The van der Waals surface area contributed by atoms with Gasteiger partial charge in [0.15, 0.2) is 5.58 Å². The predicted octanol–water partition coefficient (Wildman–Crippen LogP) is 9.30. The fourth-order valence-electron chi connectivity index (χ4n) is 7.82. The van der Waals surface area contributed by atoms with Crippen LogP contribution in [-0.4, -0.2) is 50.0 Å². The van der Waals surface area contributed by atoms with Gasteiger partial charge in [0, 0.05) is 37.8 Å². The van der Waals surface area contributed by atoms with E-state index in [4.69, 9.17) is 29.9 Å². The Balaban J connectivity index is 1.11. The van der Waals surface area contributed by atoms with Crippen molar-refractivity contribution in [2.24, 2.45) is 21.1 Å². The molecule has 0 spiro atoms. The summed E-state index contributed by atoms with van der Waals surface area (Å²) in [4.78, 5) is 11.7. The molecule has 12 nitrogen and oxygen atoms in total. The van der Waals surface area contributed by atoms with Crippen molar-refractivity contribution in [2.45, 2.75) is 0 Å². The van der Waals surface area contributed by atoms with E-state index in [9.17, 15) is 0 Å². The van der Waals surface area contributed by atoms with E-state index in [1.807, 2.05) is 69.7 Å². The lowest BCUT2D eigenvalue weighted by molar-refractivity contribution is 0.620. The molecule has 0 radical (unpaired) electrons. The molecule has 0 N–H and O–H groups in total. The fraction of sp³-hybridized carbons (Fsp3) is 0.0682. The third kappa shape index (κ3) is 4.96. The van der Waals surface area contributed by atoms with Crippen molar-refractivity contribution in [1.29, 1.82) is 0 Å². The van der Waals surface area contributed by atoms with E-state index in [2.05, 4.69) is 99.9 Å². The second-order valence-corrected chi connectivity index (χ2v) is 13.8. The molecule has 4 aromatic heterocycles. The first-order valence-corrected chi connectivity index (χ1v) is 18.2. The van der Waals surface area contributed by atoms with E-state index >= 15 is 0 Å². The van der Waals surface area contributed by atoms with Gasteiger partial charge >= 0.3 is 0 Å². The number of benzene rings is 7. The number of fused-ring (bicyclic) bond motifs is 5. The summed E-state index contributed by atoms with van der Waals surface area (Å²) in [6.07, 6.45) is 0. The number of hydrogen-bond donors (Lipinski definition) is 0. The summed E-state index contributed by atoms with van der Waals surface area (Å²) < 4.78 is 6.05. The highest BCUT2D eigenvalue weighted by molar-refractivity contribution is 6.11. The third-order valence-corrected chi connectivity index (χ3v) is 10.3. The molecule has 11 rings (SSSR count). The van der Waals surface area contributed by atoms with E-state index in [0.717, 1.165) is 94.3 Å². The monoisotopic (exact) mass is 729 g/mol. The Morgan fingerprint density at radius 1 is 0.429 bits per heavy atom. The van der Waals surface area contributed by atoms with Crippen LogP contribution in [-0.2, 0) is 21.1 Å². The van der Waals surface area contributed by atoms with Crippen LogP contribution in [0.25, 0.3) is 88.7 Å². The van der Waals surface area contributed by atoms with Gasteiger partial charge in [-0.25, -0.2) is 4.98 Å². The van der Waals surface area contributed by atoms with E-state index in [0.29, 0.717) is 11.4 Å². The molecule has 0 aliphatic carbocycles. The molecule has 0 amide bonds. The molecule has 0 saturated heterocycles. The SMILES string of the molecule is Cn1nc2cccc(N(c3ccc(-c4ccc(-c5nc6ccccc6o5)cc4)c4nn(C)nc34)c3ccc(-c4cccc5ccccc45)c4nn(C)nc34)c2n1.